The molecular formula is C21H30N4O3. The van der Waals surface area contributed by atoms with Crippen molar-refractivity contribution in [2.75, 3.05) is 62.7 Å². The average Bonchev–Trinajstić information content (AvgIpc) is 3.37. The third-order valence-electron chi connectivity index (χ3n) is 6.05. The number of carbonyl (C=O) groups is 2. The third kappa shape index (κ3) is 4.31. The molecule has 1 aromatic carbocycles. The van der Waals surface area contributed by atoms with Gasteiger partial charge in [0.1, 0.15) is 0 Å². The Kier molecular flexibility index (Phi) is 5.82. The topological polar surface area (TPSA) is 65.1 Å². The minimum atomic E-state index is -0.286. The Balaban J connectivity index is 1.32. The van der Waals surface area contributed by atoms with Crippen LogP contribution in [-0.2, 0) is 14.3 Å². The van der Waals surface area contributed by atoms with E-state index in [0.717, 1.165) is 51.3 Å². The molecule has 3 saturated heterocycles. The van der Waals surface area contributed by atoms with Gasteiger partial charge in [0, 0.05) is 63.7 Å². The molecule has 0 aromatic heterocycles. The zero-order valence-electron chi connectivity index (χ0n) is 16.6. The van der Waals surface area contributed by atoms with E-state index in [9.17, 15) is 9.59 Å². The summed E-state index contributed by atoms with van der Waals surface area (Å²) < 4.78 is 5.55. The lowest BCUT2D eigenvalue weighted by atomic mass is 10.1. The van der Waals surface area contributed by atoms with Crippen LogP contribution in [0.3, 0.4) is 0 Å². The van der Waals surface area contributed by atoms with Gasteiger partial charge in [0.2, 0.25) is 11.8 Å². The fourth-order valence-corrected chi connectivity index (χ4v) is 4.20. The van der Waals surface area contributed by atoms with Crippen LogP contribution in [0.25, 0.3) is 0 Å². The number of likely N-dealkylation sites (N-methyl/N-ethyl adjacent to an activating group) is 1. The SMILES string of the molecule is CN1CCN(c2ccc(N3CC(C(=O)NCC4CCCO4)CC3=O)cc2)CC1. The molecule has 2 atom stereocenters. The van der Waals surface area contributed by atoms with Crippen molar-refractivity contribution in [2.24, 2.45) is 5.92 Å². The minimum absolute atomic E-state index is 0.0182. The molecule has 3 aliphatic rings. The van der Waals surface area contributed by atoms with Crippen molar-refractivity contribution in [1.82, 2.24) is 10.2 Å². The van der Waals surface area contributed by atoms with Crippen LogP contribution in [0, 0.1) is 5.92 Å². The minimum Gasteiger partial charge on any atom is -0.376 e. The number of nitrogens with one attached hydrogen (secondary N) is 1. The number of hydrogen-bond donors (Lipinski definition) is 1. The molecule has 28 heavy (non-hydrogen) atoms. The van der Waals surface area contributed by atoms with Crippen molar-refractivity contribution in [3.8, 4) is 0 Å². The maximum absolute atomic E-state index is 12.5. The van der Waals surface area contributed by atoms with Gasteiger partial charge >= 0.3 is 0 Å². The van der Waals surface area contributed by atoms with E-state index in [1.54, 1.807) is 4.90 Å². The van der Waals surface area contributed by atoms with E-state index in [0.29, 0.717) is 13.1 Å². The predicted molar refractivity (Wildman–Crippen MR) is 109 cm³/mol. The second-order valence-corrected chi connectivity index (χ2v) is 8.09. The summed E-state index contributed by atoms with van der Waals surface area (Å²) in [6.07, 6.45) is 2.45. The first-order valence-electron chi connectivity index (χ1n) is 10.3. The lowest BCUT2D eigenvalue weighted by Crippen LogP contribution is -2.44. The fourth-order valence-electron chi connectivity index (χ4n) is 4.20. The van der Waals surface area contributed by atoms with Crippen molar-refractivity contribution < 1.29 is 14.3 Å². The van der Waals surface area contributed by atoms with E-state index in [2.05, 4.69) is 34.3 Å². The number of ether oxygens (including phenoxy) is 1. The van der Waals surface area contributed by atoms with E-state index in [1.165, 1.54) is 5.69 Å². The van der Waals surface area contributed by atoms with Crippen LogP contribution in [0.5, 0.6) is 0 Å². The van der Waals surface area contributed by atoms with Crippen LogP contribution in [-0.4, -0.2) is 75.7 Å². The van der Waals surface area contributed by atoms with Gasteiger partial charge in [-0.3, -0.25) is 9.59 Å². The highest BCUT2D eigenvalue weighted by molar-refractivity contribution is 6.00. The number of amides is 2. The molecule has 0 bridgehead atoms. The normalized spacial score (nSPS) is 26.1. The number of carbonyl (C=O) groups excluding carboxylic acids is 2. The molecule has 0 saturated carbocycles. The number of anilines is 2. The molecule has 152 valence electrons. The van der Waals surface area contributed by atoms with Crippen molar-refractivity contribution in [3.63, 3.8) is 0 Å². The lowest BCUT2D eigenvalue weighted by molar-refractivity contribution is -0.126. The fraction of sp³-hybridized carbons (Fsp3) is 0.619. The van der Waals surface area contributed by atoms with Crippen LogP contribution in [0.4, 0.5) is 11.4 Å². The summed E-state index contributed by atoms with van der Waals surface area (Å²) in [6.45, 7) is 5.94. The van der Waals surface area contributed by atoms with Crippen molar-refractivity contribution in [2.45, 2.75) is 25.4 Å². The number of hydrogen-bond acceptors (Lipinski definition) is 5. The Morgan fingerprint density at radius 2 is 1.86 bits per heavy atom. The molecule has 7 nitrogen and oxygen atoms in total. The van der Waals surface area contributed by atoms with E-state index >= 15 is 0 Å². The summed E-state index contributed by atoms with van der Waals surface area (Å²) in [6, 6.07) is 8.16. The molecule has 4 rings (SSSR count). The molecule has 0 spiro atoms. The van der Waals surface area contributed by atoms with Crippen LogP contribution in [0.15, 0.2) is 24.3 Å². The summed E-state index contributed by atoms with van der Waals surface area (Å²) in [4.78, 5) is 31.4. The van der Waals surface area contributed by atoms with Gasteiger partial charge in [0.25, 0.3) is 0 Å². The molecule has 0 radical (unpaired) electrons. The molecule has 3 aliphatic heterocycles. The monoisotopic (exact) mass is 386 g/mol. The van der Waals surface area contributed by atoms with Gasteiger partial charge in [0.15, 0.2) is 0 Å². The molecule has 3 fully saturated rings. The summed E-state index contributed by atoms with van der Waals surface area (Å²) >= 11 is 0. The second-order valence-electron chi connectivity index (χ2n) is 8.09. The van der Waals surface area contributed by atoms with Crippen LogP contribution in [0.1, 0.15) is 19.3 Å². The smallest absolute Gasteiger partial charge is 0.227 e. The average molecular weight is 386 g/mol. The predicted octanol–water partition coefficient (Wildman–Crippen LogP) is 1.09. The summed E-state index contributed by atoms with van der Waals surface area (Å²) in [5, 5.41) is 2.96. The first-order valence-corrected chi connectivity index (χ1v) is 10.3. The second kappa shape index (κ2) is 8.49. The zero-order chi connectivity index (χ0) is 19.5. The van der Waals surface area contributed by atoms with Crippen molar-refractivity contribution in [3.05, 3.63) is 24.3 Å². The van der Waals surface area contributed by atoms with Gasteiger partial charge in [0.05, 0.1) is 12.0 Å². The first-order chi connectivity index (χ1) is 13.6. The van der Waals surface area contributed by atoms with E-state index in [4.69, 9.17) is 4.74 Å². The third-order valence-corrected chi connectivity index (χ3v) is 6.05. The Hall–Kier alpha value is -2.12. The Labute approximate surface area is 166 Å². The molecular weight excluding hydrogens is 356 g/mol. The van der Waals surface area contributed by atoms with E-state index < -0.39 is 0 Å². The van der Waals surface area contributed by atoms with Gasteiger partial charge < -0.3 is 24.8 Å². The Morgan fingerprint density at radius 3 is 2.54 bits per heavy atom. The number of nitrogens with zero attached hydrogens (tertiary/aromatic N) is 3. The van der Waals surface area contributed by atoms with Crippen LogP contribution >= 0.6 is 0 Å². The molecule has 2 amide bonds. The van der Waals surface area contributed by atoms with E-state index in [1.807, 2.05) is 12.1 Å². The molecule has 1 aromatic rings. The van der Waals surface area contributed by atoms with Gasteiger partial charge in [-0.15, -0.1) is 0 Å². The maximum Gasteiger partial charge on any atom is 0.227 e. The number of benzene rings is 1. The molecule has 1 N–H and O–H groups in total. The maximum atomic E-state index is 12.5. The van der Waals surface area contributed by atoms with Gasteiger partial charge in [-0.1, -0.05) is 0 Å². The Bertz CT molecular complexity index is 694. The van der Waals surface area contributed by atoms with Crippen molar-refractivity contribution >= 4 is 23.2 Å². The number of rotatable bonds is 5. The number of piperazine rings is 1. The highest BCUT2D eigenvalue weighted by Gasteiger charge is 2.35. The molecule has 7 heteroatoms. The first kappa shape index (κ1) is 19.2. The summed E-state index contributed by atoms with van der Waals surface area (Å²) in [5.41, 5.74) is 2.06. The quantitative estimate of drug-likeness (QED) is 0.821. The zero-order valence-corrected chi connectivity index (χ0v) is 16.6. The van der Waals surface area contributed by atoms with Gasteiger partial charge in [-0.05, 0) is 44.2 Å². The standard InChI is InChI=1S/C21H30N4O3/c1-23-8-10-24(11-9-23)17-4-6-18(7-5-17)25-15-16(13-20(25)26)21(27)22-14-19-3-2-12-28-19/h4-7,16,19H,2-3,8-15H2,1H3,(H,22,27). The van der Waals surface area contributed by atoms with Crippen LogP contribution < -0.4 is 15.1 Å². The molecule has 2 unspecified atom stereocenters. The van der Waals surface area contributed by atoms with Gasteiger partial charge in [-0.2, -0.15) is 0 Å². The highest BCUT2D eigenvalue weighted by Crippen LogP contribution is 2.28. The summed E-state index contributed by atoms with van der Waals surface area (Å²) in [5.74, 6) is -0.309. The van der Waals surface area contributed by atoms with Crippen LogP contribution in [0.2, 0.25) is 0 Å². The highest BCUT2D eigenvalue weighted by atomic mass is 16.5. The molecule has 3 heterocycles. The lowest BCUT2D eigenvalue weighted by Gasteiger charge is -2.34. The van der Waals surface area contributed by atoms with E-state index in [-0.39, 0.29) is 30.3 Å². The summed E-state index contributed by atoms with van der Waals surface area (Å²) in [7, 11) is 2.15. The Morgan fingerprint density at radius 1 is 1.14 bits per heavy atom. The molecule has 0 aliphatic carbocycles. The largest absolute Gasteiger partial charge is 0.376 e. The van der Waals surface area contributed by atoms with Gasteiger partial charge in [-0.25, -0.2) is 0 Å². The van der Waals surface area contributed by atoms with Crippen molar-refractivity contribution in [1.29, 1.82) is 0 Å².